The fourth-order valence-electron chi connectivity index (χ4n) is 3.26. The minimum atomic E-state index is 0.221. The molecular formula is C16H26N2O. The summed E-state index contributed by atoms with van der Waals surface area (Å²) in [6, 6.07) is 4.25. The molecule has 0 aromatic carbocycles. The third-order valence-corrected chi connectivity index (χ3v) is 4.81. The smallest absolute Gasteiger partial charge is 0.213 e. The summed E-state index contributed by atoms with van der Waals surface area (Å²) in [5.41, 5.74) is 7.73. The summed E-state index contributed by atoms with van der Waals surface area (Å²) in [5, 5.41) is 0. The summed E-state index contributed by atoms with van der Waals surface area (Å²) >= 11 is 0. The molecule has 1 fully saturated rings. The van der Waals surface area contributed by atoms with E-state index in [4.69, 9.17) is 10.5 Å². The van der Waals surface area contributed by atoms with Crippen molar-refractivity contribution in [1.29, 1.82) is 0 Å². The standard InChI is InChI=1S/C16H26N2O/c1-4-14(17)16(3)8-5-6-13(16)11-19-15-10-12(2)7-9-18-15/h7,9-10,13-14H,4-6,8,11,17H2,1-3H3/t13-,14?,16-/m1/s1. The van der Waals surface area contributed by atoms with Crippen molar-refractivity contribution in [3.05, 3.63) is 23.9 Å². The number of hydrogen-bond donors (Lipinski definition) is 1. The lowest BCUT2D eigenvalue weighted by atomic mass is 9.73. The first-order valence-corrected chi connectivity index (χ1v) is 7.37. The Morgan fingerprint density at radius 1 is 1.58 bits per heavy atom. The van der Waals surface area contributed by atoms with E-state index in [2.05, 4.69) is 25.8 Å². The number of ether oxygens (including phenoxy) is 1. The van der Waals surface area contributed by atoms with Gasteiger partial charge in [0.15, 0.2) is 0 Å². The molecule has 0 saturated heterocycles. The van der Waals surface area contributed by atoms with Crippen LogP contribution in [0.3, 0.4) is 0 Å². The Kier molecular flexibility index (Phi) is 4.46. The Morgan fingerprint density at radius 2 is 2.37 bits per heavy atom. The maximum atomic E-state index is 6.32. The van der Waals surface area contributed by atoms with E-state index < -0.39 is 0 Å². The molecule has 0 aliphatic heterocycles. The molecular weight excluding hydrogens is 236 g/mol. The number of aryl methyl sites for hydroxylation is 1. The van der Waals surface area contributed by atoms with E-state index in [0.29, 0.717) is 5.92 Å². The molecule has 3 atom stereocenters. The van der Waals surface area contributed by atoms with Crippen LogP contribution in [0.25, 0.3) is 0 Å². The van der Waals surface area contributed by atoms with E-state index in [1.807, 2.05) is 12.1 Å². The fourth-order valence-corrected chi connectivity index (χ4v) is 3.26. The van der Waals surface area contributed by atoms with Crippen molar-refractivity contribution < 1.29 is 4.74 Å². The van der Waals surface area contributed by atoms with Gasteiger partial charge in [-0.3, -0.25) is 0 Å². The van der Waals surface area contributed by atoms with Crippen molar-refractivity contribution in [2.24, 2.45) is 17.1 Å². The molecule has 1 aromatic rings. The topological polar surface area (TPSA) is 48.1 Å². The molecule has 1 aliphatic carbocycles. The van der Waals surface area contributed by atoms with E-state index in [9.17, 15) is 0 Å². The first kappa shape index (κ1) is 14.3. The maximum absolute atomic E-state index is 6.32. The predicted molar refractivity (Wildman–Crippen MR) is 78.2 cm³/mol. The van der Waals surface area contributed by atoms with Crippen molar-refractivity contribution in [3.8, 4) is 5.88 Å². The van der Waals surface area contributed by atoms with Gasteiger partial charge in [-0.1, -0.05) is 20.3 Å². The second-order valence-electron chi connectivity index (χ2n) is 6.09. The van der Waals surface area contributed by atoms with Crippen LogP contribution in [0.4, 0.5) is 0 Å². The highest BCUT2D eigenvalue weighted by Gasteiger charge is 2.42. The number of nitrogens with two attached hydrogens (primary N) is 1. The van der Waals surface area contributed by atoms with E-state index >= 15 is 0 Å². The predicted octanol–water partition coefficient (Wildman–Crippen LogP) is 3.31. The third kappa shape index (κ3) is 3.08. The Labute approximate surface area is 116 Å². The van der Waals surface area contributed by atoms with Gasteiger partial charge in [-0.05, 0) is 49.1 Å². The average Bonchev–Trinajstić information content (AvgIpc) is 2.78. The van der Waals surface area contributed by atoms with Gasteiger partial charge in [0, 0.05) is 18.3 Å². The van der Waals surface area contributed by atoms with Gasteiger partial charge >= 0.3 is 0 Å². The summed E-state index contributed by atoms with van der Waals surface area (Å²) in [5.74, 6) is 1.28. The van der Waals surface area contributed by atoms with Crippen LogP contribution in [0.1, 0.15) is 45.1 Å². The molecule has 106 valence electrons. The normalized spacial score (nSPS) is 28.3. The zero-order chi connectivity index (χ0) is 13.9. The number of hydrogen-bond acceptors (Lipinski definition) is 3. The summed E-state index contributed by atoms with van der Waals surface area (Å²) in [7, 11) is 0. The first-order valence-electron chi connectivity index (χ1n) is 7.37. The fraction of sp³-hybridized carbons (Fsp3) is 0.688. The highest BCUT2D eigenvalue weighted by atomic mass is 16.5. The molecule has 3 heteroatoms. The molecule has 1 aromatic heterocycles. The number of nitrogens with zero attached hydrogens (tertiary/aromatic N) is 1. The van der Waals surface area contributed by atoms with Crippen LogP contribution in [0.5, 0.6) is 5.88 Å². The molecule has 19 heavy (non-hydrogen) atoms. The summed E-state index contributed by atoms with van der Waals surface area (Å²) in [6.07, 6.45) is 6.54. The second-order valence-corrected chi connectivity index (χ2v) is 6.09. The van der Waals surface area contributed by atoms with Crippen molar-refractivity contribution in [3.63, 3.8) is 0 Å². The highest BCUT2D eigenvalue weighted by Crippen LogP contribution is 2.45. The summed E-state index contributed by atoms with van der Waals surface area (Å²) < 4.78 is 5.89. The lowest BCUT2D eigenvalue weighted by Crippen LogP contribution is -2.43. The molecule has 0 amide bonds. The largest absolute Gasteiger partial charge is 0.477 e. The Morgan fingerprint density at radius 3 is 3.05 bits per heavy atom. The van der Waals surface area contributed by atoms with Crippen LogP contribution in [-0.4, -0.2) is 17.6 Å². The SMILES string of the molecule is CCC(N)[C@]1(C)CCC[C@@H]1COc1cc(C)ccn1. The quantitative estimate of drug-likeness (QED) is 0.885. The minimum absolute atomic E-state index is 0.221. The molecule has 3 nitrogen and oxygen atoms in total. The van der Waals surface area contributed by atoms with Gasteiger partial charge in [0.05, 0.1) is 6.61 Å². The van der Waals surface area contributed by atoms with Crippen LogP contribution < -0.4 is 10.5 Å². The molecule has 0 bridgehead atoms. The van der Waals surface area contributed by atoms with Crippen molar-refractivity contribution >= 4 is 0 Å². The maximum Gasteiger partial charge on any atom is 0.213 e. The van der Waals surface area contributed by atoms with Crippen molar-refractivity contribution in [1.82, 2.24) is 4.98 Å². The van der Waals surface area contributed by atoms with Crippen molar-refractivity contribution in [2.45, 2.75) is 52.5 Å². The lowest BCUT2D eigenvalue weighted by molar-refractivity contribution is 0.113. The van der Waals surface area contributed by atoms with Gasteiger partial charge in [0.25, 0.3) is 0 Å². The number of pyridine rings is 1. The van der Waals surface area contributed by atoms with Gasteiger partial charge in [0.1, 0.15) is 0 Å². The van der Waals surface area contributed by atoms with Crippen molar-refractivity contribution in [2.75, 3.05) is 6.61 Å². The van der Waals surface area contributed by atoms with Gasteiger partial charge in [-0.2, -0.15) is 0 Å². The molecule has 1 saturated carbocycles. The van der Waals surface area contributed by atoms with E-state index in [1.165, 1.54) is 24.8 Å². The summed E-state index contributed by atoms with van der Waals surface area (Å²) in [6.45, 7) is 7.29. The lowest BCUT2D eigenvalue weighted by Gasteiger charge is -2.36. The Balaban J connectivity index is 1.98. The molecule has 0 radical (unpaired) electrons. The van der Waals surface area contributed by atoms with Crippen LogP contribution in [0.2, 0.25) is 0 Å². The zero-order valence-electron chi connectivity index (χ0n) is 12.4. The highest BCUT2D eigenvalue weighted by molar-refractivity contribution is 5.18. The molecule has 1 unspecified atom stereocenters. The Hall–Kier alpha value is -1.09. The Bertz CT molecular complexity index is 421. The average molecular weight is 262 g/mol. The molecule has 1 heterocycles. The first-order chi connectivity index (χ1) is 9.06. The third-order valence-electron chi connectivity index (χ3n) is 4.81. The van der Waals surface area contributed by atoms with Crippen LogP contribution in [0, 0.1) is 18.3 Å². The molecule has 0 spiro atoms. The van der Waals surface area contributed by atoms with Crippen LogP contribution in [0.15, 0.2) is 18.3 Å². The minimum Gasteiger partial charge on any atom is -0.477 e. The van der Waals surface area contributed by atoms with E-state index in [-0.39, 0.29) is 11.5 Å². The van der Waals surface area contributed by atoms with Gasteiger partial charge in [0.2, 0.25) is 5.88 Å². The number of aromatic nitrogens is 1. The summed E-state index contributed by atoms with van der Waals surface area (Å²) in [4.78, 5) is 4.26. The monoisotopic (exact) mass is 262 g/mol. The zero-order valence-corrected chi connectivity index (χ0v) is 12.4. The van der Waals surface area contributed by atoms with Gasteiger partial charge < -0.3 is 10.5 Å². The van der Waals surface area contributed by atoms with E-state index in [1.54, 1.807) is 6.20 Å². The van der Waals surface area contributed by atoms with Gasteiger partial charge in [-0.25, -0.2) is 4.98 Å². The number of rotatable bonds is 5. The van der Waals surface area contributed by atoms with Crippen LogP contribution >= 0.6 is 0 Å². The second kappa shape index (κ2) is 5.91. The van der Waals surface area contributed by atoms with Gasteiger partial charge in [-0.15, -0.1) is 0 Å². The van der Waals surface area contributed by atoms with Crippen LogP contribution in [-0.2, 0) is 0 Å². The molecule has 2 rings (SSSR count). The molecule has 1 aliphatic rings. The van der Waals surface area contributed by atoms with E-state index in [0.717, 1.165) is 18.9 Å². The molecule has 2 N–H and O–H groups in total.